The van der Waals surface area contributed by atoms with Gasteiger partial charge in [-0.3, -0.25) is 4.79 Å². The average Bonchev–Trinajstić information content (AvgIpc) is 3.38. The van der Waals surface area contributed by atoms with Gasteiger partial charge < -0.3 is 20.0 Å². The highest BCUT2D eigenvalue weighted by Crippen LogP contribution is 2.35. The van der Waals surface area contributed by atoms with Gasteiger partial charge in [0, 0.05) is 17.1 Å². The Bertz CT molecular complexity index is 1280. The summed E-state index contributed by atoms with van der Waals surface area (Å²) >= 11 is 5.95. The van der Waals surface area contributed by atoms with Crippen LogP contribution in [0.2, 0.25) is 5.02 Å². The minimum absolute atomic E-state index is 0.0318. The Kier molecular flexibility index (Phi) is 5.67. The van der Waals surface area contributed by atoms with Crippen molar-refractivity contribution in [1.82, 2.24) is 10.5 Å². The molecule has 4 aromatic rings. The lowest BCUT2D eigenvalue weighted by Gasteiger charge is -2.07. The van der Waals surface area contributed by atoms with Crippen LogP contribution in [0.15, 0.2) is 69.6 Å². The predicted octanol–water partition coefficient (Wildman–Crippen LogP) is 5.79. The van der Waals surface area contributed by atoms with Gasteiger partial charge in [-0.25, -0.2) is 0 Å². The summed E-state index contributed by atoms with van der Waals surface area (Å²) in [6.45, 7) is 0.178. The number of anilines is 1. The Morgan fingerprint density at radius 3 is 2.56 bits per heavy atom. The Labute approximate surface area is 184 Å². The lowest BCUT2D eigenvalue weighted by molar-refractivity contribution is -0.137. The lowest BCUT2D eigenvalue weighted by atomic mass is 10.1. The largest absolute Gasteiger partial charge is 0.454 e. The molecule has 4 rings (SSSR count). The number of alkyl halides is 3. The van der Waals surface area contributed by atoms with Crippen molar-refractivity contribution < 1.29 is 26.9 Å². The van der Waals surface area contributed by atoms with E-state index >= 15 is 0 Å². The number of nitrogens with zero attached hydrogens (tertiary/aromatic N) is 1. The molecule has 10 heteroatoms. The van der Waals surface area contributed by atoms with E-state index in [-0.39, 0.29) is 40.8 Å². The van der Waals surface area contributed by atoms with Crippen LogP contribution in [0.4, 0.5) is 19.1 Å². The normalized spacial score (nSPS) is 11.5. The maximum absolute atomic E-state index is 13.0. The van der Waals surface area contributed by atoms with Crippen LogP contribution in [-0.2, 0) is 12.7 Å². The fourth-order valence-electron chi connectivity index (χ4n) is 3.08. The first kappa shape index (κ1) is 21.5. The molecular formula is C22H15ClF3N3O3. The standard InChI is InChI=1S/C22H15ClF3N3O3/c23-15-6-1-3-12(9-15)11-28-21(30)18-19(29-32-20(18)27)17-8-7-16(31-17)13-4-2-5-14(10-13)22(24,25)26/h1-10H,11,27H2,(H,28,30). The number of aromatic nitrogens is 1. The van der Waals surface area contributed by atoms with Crippen molar-refractivity contribution in [2.45, 2.75) is 12.7 Å². The van der Waals surface area contributed by atoms with Gasteiger partial charge in [0.2, 0.25) is 5.88 Å². The fraction of sp³-hybridized carbons (Fsp3) is 0.0909. The molecule has 0 unspecified atom stereocenters. The van der Waals surface area contributed by atoms with Gasteiger partial charge in [-0.1, -0.05) is 41.0 Å². The molecular weight excluding hydrogens is 447 g/mol. The van der Waals surface area contributed by atoms with Crippen molar-refractivity contribution in [2.75, 3.05) is 5.73 Å². The monoisotopic (exact) mass is 461 g/mol. The van der Waals surface area contributed by atoms with Crippen molar-refractivity contribution >= 4 is 23.4 Å². The summed E-state index contributed by atoms with van der Waals surface area (Å²) in [5.74, 6) is -0.500. The zero-order valence-electron chi connectivity index (χ0n) is 16.2. The molecule has 2 aromatic heterocycles. The van der Waals surface area contributed by atoms with Crippen molar-refractivity contribution in [3.05, 3.63) is 82.4 Å². The van der Waals surface area contributed by atoms with Gasteiger partial charge in [0.1, 0.15) is 11.3 Å². The first-order valence-electron chi connectivity index (χ1n) is 9.28. The average molecular weight is 462 g/mol. The SMILES string of the molecule is Nc1onc(-c2ccc(-c3cccc(C(F)(F)F)c3)o2)c1C(=O)NCc1cccc(Cl)c1. The minimum Gasteiger partial charge on any atom is -0.454 e. The van der Waals surface area contributed by atoms with Gasteiger partial charge in [0.05, 0.1) is 5.56 Å². The number of nitrogens with two attached hydrogens (primary N) is 1. The quantitative estimate of drug-likeness (QED) is 0.392. The second kappa shape index (κ2) is 8.43. The van der Waals surface area contributed by atoms with Crippen LogP contribution in [0.1, 0.15) is 21.5 Å². The molecule has 0 atom stereocenters. The van der Waals surface area contributed by atoms with E-state index in [2.05, 4.69) is 10.5 Å². The highest BCUT2D eigenvalue weighted by molar-refractivity contribution is 6.30. The number of halogens is 4. The van der Waals surface area contributed by atoms with E-state index in [1.165, 1.54) is 24.3 Å². The molecule has 32 heavy (non-hydrogen) atoms. The number of nitrogen functional groups attached to an aromatic ring is 1. The van der Waals surface area contributed by atoms with E-state index < -0.39 is 17.6 Å². The summed E-state index contributed by atoms with van der Waals surface area (Å²) in [6, 6.07) is 14.6. The van der Waals surface area contributed by atoms with E-state index in [0.29, 0.717) is 5.02 Å². The van der Waals surface area contributed by atoms with Crippen LogP contribution >= 0.6 is 11.6 Å². The maximum Gasteiger partial charge on any atom is 0.416 e. The molecule has 0 aliphatic carbocycles. The highest BCUT2D eigenvalue weighted by atomic mass is 35.5. The van der Waals surface area contributed by atoms with Gasteiger partial charge in [0.25, 0.3) is 5.91 Å². The van der Waals surface area contributed by atoms with Crippen LogP contribution in [0.5, 0.6) is 0 Å². The van der Waals surface area contributed by atoms with Gasteiger partial charge in [0.15, 0.2) is 11.5 Å². The second-order valence-corrected chi connectivity index (χ2v) is 7.26. The number of nitrogens with one attached hydrogen (secondary N) is 1. The summed E-state index contributed by atoms with van der Waals surface area (Å²) in [7, 11) is 0. The molecule has 0 bridgehead atoms. The van der Waals surface area contributed by atoms with Crippen molar-refractivity contribution in [2.24, 2.45) is 0 Å². The molecule has 2 aromatic carbocycles. The van der Waals surface area contributed by atoms with Crippen LogP contribution in [-0.4, -0.2) is 11.1 Å². The summed E-state index contributed by atoms with van der Waals surface area (Å²) in [5.41, 5.74) is 5.95. The number of amides is 1. The van der Waals surface area contributed by atoms with Gasteiger partial charge in [-0.2, -0.15) is 13.2 Å². The van der Waals surface area contributed by atoms with Crippen molar-refractivity contribution in [1.29, 1.82) is 0 Å². The molecule has 1 amide bonds. The van der Waals surface area contributed by atoms with Crippen molar-refractivity contribution in [3.8, 4) is 22.8 Å². The van der Waals surface area contributed by atoms with E-state index in [1.807, 2.05) is 0 Å². The van der Waals surface area contributed by atoms with Gasteiger partial charge in [-0.05, 0) is 42.0 Å². The highest BCUT2D eigenvalue weighted by Gasteiger charge is 2.31. The number of carbonyl (C=O) groups is 1. The lowest BCUT2D eigenvalue weighted by Crippen LogP contribution is -2.23. The predicted molar refractivity (Wildman–Crippen MR) is 112 cm³/mol. The number of carbonyl (C=O) groups excluding carboxylic acids is 1. The van der Waals surface area contributed by atoms with E-state index in [9.17, 15) is 18.0 Å². The third kappa shape index (κ3) is 4.47. The topological polar surface area (TPSA) is 94.3 Å². The zero-order valence-corrected chi connectivity index (χ0v) is 17.0. The number of hydrogen-bond donors (Lipinski definition) is 2. The minimum atomic E-state index is -4.49. The third-order valence-corrected chi connectivity index (χ3v) is 4.84. The summed E-state index contributed by atoms with van der Waals surface area (Å²) < 4.78 is 49.6. The molecule has 0 saturated carbocycles. The molecule has 0 spiro atoms. The van der Waals surface area contributed by atoms with Crippen LogP contribution in [0.3, 0.4) is 0 Å². The Morgan fingerprint density at radius 1 is 1.06 bits per heavy atom. The Hall–Kier alpha value is -3.72. The number of rotatable bonds is 5. The Morgan fingerprint density at radius 2 is 1.81 bits per heavy atom. The zero-order chi connectivity index (χ0) is 22.9. The number of hydrogen-bond acceptors (Lipinski definition) is 5. The molecule has 2 heterocycles. The van der Waals surface area contributed by atoms with Crippen LogP contribution in [0, 0.1) is 0 Å². The molecule has 164 valence electrons. The first-order valence-corrected chi connectivity index (χ1v) is 9.66. The fourth-order valence-corrected chi connectivity index (χ4v) is 3.29. The first-order chi connectivity index (χ1) is 15.2. The van der Waals surface area contributed by atoms with Gasteiger partial charge >= 0.3 is 6.18 Å². The smallest absolute Gasteiger partial charge is 0.416 e. The molecule has 3 N–H and O–H groups in total. The molecule has 0 aliphatic heterocycles. The van der Waals surface area contributed by atoms with Gasteiger partial charge in [-0.15, -0.1) is 0 Å². The summed E-state index contributed by atoms with van der Waals surface area (Å²) in [4.78, 5) is 12.7. The number of furan rings is 1. The van der Waals surface area contributed by atoms with E-state index in [0.717, 1.165) is 17.7 Å². The van der Waals surface area contributed by atoms with E-state index in [4.69, 9.17) is 26.3 Å². The molecule has 0 fully saturated rings. The summed E-state index contributed by atoms with van der Waals surface area (Å²) in [5, 5.41) is 7.01. The molecule has 0 saturated heterocycles. The maximum atomic E-state index is 13.0. The molecule has 6 nitrogen and oxygen atoms in total. The molecule has 0 radical (unpaired) electrons. The number of benzene rings is 2. The van der Waals surface area contributed by atoms with E-state index in [1.54, 1.807) is 24.3 Å². The van der Waals surface area contributed by atoms with Crippen LogP contribution < -0.4 is 11.1 Å². The van der Waals surface area contributed by atoms with Crippen LogP contribution in [0.25, 0.3) is 22.8 Å². The second-order valence-electron chi connectivity index (χ2n) is 6.83. The molecule has 0 aliphatic rings. The Balaban J connectivity index is 1.59. The van der Waals surface area contributed by atoms with Crippen molar-refractivity contribution in [3.63, 3.8) is 0 Å². The third-order valence-electron chi connectivity index (χ3n) is 4.60. The summed E-state index contributed by atoms with van der Waals surface area (Å²) in [6.07, 6.45) is -4.49.